The minimum Gasteiger partial charge on any atom is -0.870 e. The van der Waals surface area contributed by atoms with Crippen LogP contribution < -0.4 is 62.7 Å². The average Bonchev–Trinajstić information content (AvgIpc) is 4.15. The number of H-pyrrole nitrogens is 2. The SMILES string of the molecule is COc1cc2c(cc1-c1c(C)noc1C)[nH]c1nc(C)nc(-c3ccc(C)c4c3OCCO4)c12.COc1cc2c(cc1-c1c(C)noc1C)[nH]c1nc(C)nc(-c3ccc(OC=O)c4c3OCCO4)c12.O=C=O.[Na+].[OH-]. The zero-order chi connectivity index (χ0) is 51.2. The second kappa shape index (κ2) is 21.6. The Morgan fingerprint density at radius 2 is 0.987 bits per heavy atom. The molecule has 0 saturated heterocycles. The van der Waals surface area contributed by atoms with Crippen molar-refractivity contribution in [1.29, 1.82) is 0 Å². The quantitative estimate of drug-likeness (QED) is 0.124. The van der Waals surface area contributed by atoms with E-state index in [-0.39, 0.29) is 46.9 Å². The molecule has 0 fully saturated rings. The van der Waals surface area contributed by atoms with Crippen LogP contribution in [0.4, 0.5) is 0 Å². The van der Waals surface area contributed by atoms with Gasteiger partial charge < -0.3 is 57.6 Å². The van der Waals surface area contributed by atoms with Gasteiger partial charge in [-0.2, -0.15) is 9.59 Å². The molecular weight excluding hydrogens is 980 g/mol. The fourth-order valence-corrected chi connectivity index (χ4v) is 9.63. The van der Waals surface area contributed by atoms with Gasteiger partial charge in [-0.1, -0.05) is 16.4 Å². The first-order chi connectivity index (χ1) is 35.4. The maximum atomic E-state index is 11.0. The summed E-state index contributed by atoms with van der Waals surface area (Å²) >= 11 is 0. The van der Waals surface area contributed by atoms with Gasteiger partial charge in [0, 0.05) is 44.1 Å². The molecule has 0 radical (unpaired) electrons. The van der Waals surface area contributed by atoms with Crippen LogP contribution in [0.25, 0.3) is 88.6 Å². The van der Waals surface area contributed by atoms with Crippen LogP contribution in [0.5, 0.6) is 40.2 Å². The van der Waals surface area contributed by atoms with Gasteiger partial charge in [0.05, 0.1) is 58.9 Å². The number of benzene rings is 4. The number of aryl methyl sites for hydroxylation is 7. The fraction of sp³-hybridized carbons (Fsp3) is 0.245. The molecule has 0 saturated carbocycles. The molecule has 21 nitrogen and oxygen atoms in total. The minimum atomic E-state index is 0. The van der Waals surface area contributed by atoms with Gasteiger partial charge in [0.25, 0.3) is 6.47 Å². The molecule has 6 aromatic heterocycles. The van der Waals surface area contributed by atoms with E-state index >= 15 is 0 Å². The van der Waals surface area contributed by atoms with E-state index in [1.54, 1.807) is 20.3 Å². The topological polar surface area (TPSA) is 281 Å². The van der Waals surface area contributed by atoms with Crippen molar-refractivity contribution in [3.05, 3.63) is 88.7 Å². The number of nitrogens with zero attached hydrogens (tertiary/aromatic N) is 6. The molecule has 0 unspecified atom stereocenters. The van der Waals surface area contributed by atoms with Gasteiger partial charge in [-0.15, -0.1) is 0 Å². The molecule has 10 aromatic rings. The number of aromatic nitrogens is 8. The van der Waals surface area contributed by atoms with E-state index in [0.717, 1.165) is 112 Å². The Hall–Kier alpha value is -8.33. The second-order valence-electron chi connectivity index (χ2n) is 17.1. The smallest absolute Gasteiger partial charge is 0.870 e. The van der Waals surface area contributed by atoms with Gasteiger partial charge in [-0.25, -0.2) is 19.9 Å². The normalized spacial score (nSPS) is 12.2. The first-order valence-corrected chi connectivity index (χ1v) is 22.9. The van der Waals surface area contributed by atoms with Crippen molar-refractivity contribution in [3.8, 4) is 85.0 Å². The van der Waals surface area contributed by atoms with Crippen molar-refractivity contribution in [2.45, 2.75) is 48.5 Å². The summed E-state index contributed by atoms with van der Waals surface area (Å²) in [6.45, 7) is 15.4. The number of methoxy groups -OCH3 is 2. The Kier molecular flexibility index (Phi) is 15.3. The van der Waals surface area contributed by atoms with E-state index in [1.807, 2.05) is 84.9 Å². The Morgan fingerprint density at radius 3 is 1.41 bits per heavy atom. The summed E-state index contributed by atoms with van der Waals surface area (Å²) in [5, 5.41) is 11.8. The number of carbonyl (C=O) groups is 1. The van der Waals surface area contributed by atoms with Crippen molar-refractivity contribution < 1.29 is 91.6 Å². The van der Waals surface area contributed by atoms with Gasteiger partial charge in [0.1, 0.15) is 72.4 Å². The molecule has 2 aliphatic heterocycles. The molecule has 0 atom stereocenters. The van der Waals surface area contributed by atoms with Crippen LogP contribution in [0.3, 0.4) is 0 Å². The molecule has 22 heteroatoms. The maximum Gasteiger partial charge on any atom is 1.00 e. The van der Waals surface area contributed by atoms with Crippen LogP contribution in [0.15, 0.2) is 57.6 Å². The number of hydrogen-bond donors (Lipinski definition) is 2. The van der Waals surface area contributed by atoms with E-state index in [1.165, 1.54) is 0 Å². The number of carbonyl (C=O) groups excluding carboxylic acids is 3. The zero-order valence-electron chi connectivity index (χ0n) is 42.6. The Bertz CT molecular complexity index is 3830. The zero-order valence-corrected chi connectivity index (χ0v) is 44.6. The Balaban J connectivity index is 0.000000185. The van der Waals surface area contributed by atoms with Crippen LogP contribution in [0.1, 0.15) is 40.1 Å². The van der Waals surface area contributed by atoms with Gasteiger partial charge in [-0.3, -0.25) is 4.79 Å². The molecule has 2 aliphatic rings. The van der Waals surface area contributed by atoms with E-state index in [9.17, 15) is 4.79 Å². The van der Waals surface area contributed by atoms with Crippen molar-refractivity contribution in [1.82, 2.24) is 40.2 Å². The summed E-state index contributed by atoms with van der Waals surface area (Å²) in [7, 11) is 3.30. The van der Waals surface area contributed by atoms with Crippen molar-refractivity contribution in [2.24, 2.45) is 0 Å². The maximum absolute atomic E-state index is 11.0. The van der Waals surface area contributed by atoms with Crippen LogP contribution in [-0.4, -0.2) is 99.0 Å². The van der Waals surface area contributed by atoms with Gasteiger partial charge in [0.15, 0.2) is 23.0 Å². The number of aromatic amines is 2. The summed E-state index contributed by atoms with van der Waals surface area (Å²) in [6.07, 6.45) is 0.250. The van der Waals surface area contributed by atoms with Gasteiger partial charge in [0.2, 0.25) is 5.75 Å². The molecule has 0 bridgehead atoms. The number of rotatable bonds is 8. The summed E-state index contributed by atoms with van der Waals surface area (Å²) in [6, 6.07) is 15.6. The van der Waals surface area contributed by atoms with Crippen molar-refractivity contribution in [3.63, 3.8) is 0 Å². The number of ether oxygens (including phenoxy) is 7. The Labute approximate surface area is 448 Å². The molecule has 12 rings (SSSR count). The molecule has 8 heterocycles. The molecule has 75 heavy (non-hydrogen) atoms. The number of fused-ring (bicyclic) bond motifs is 8. The summed E-state index contributed by atoms with van der Waals surface area (Å²) in [5.74, 6) is 6.70. The summed E-state index contributed by atoms with van der Waals surface area (Å²) < 4.78 is 51.3. The predicted octanol–water partition coefficient (Wildman–Crippen LogP) is 6.36. The molecular formula is C53H47N8NaO13. The predicted molar refractivity (Wildman–Crippen MR) is 267 cm³/mol. The fourth-order valence-electron chi connectivity index (χ4n) is 9.63. The van der Waals surface area contributed by atoms with Gasteiger partial charge in [-0.05, 0) is 96.5 Å². The van der Waals surface area contributed by atoms with Crippen molar-refractivity contribution >= 4 is 56.5 Å². The third-order valence-electron chi connectivity index (χ3n) is 12.6. The first-order valence-electron chi connectivity index (χ1n) is 22.9. The molecule has 4 aromatic carbocycles. The van der Waals surface area contributed by atoms with E-state index in [2.05, 4.69) is 31.3 Å². The van der Waals surface area contributed by atoms with Crippen LogP contribution >= 0.6 is 0 Å². The Morgan fingerprint density at radius 1 is 0.560 bits per heavy atom. The molecule has 0 spiro atoms. The van der Waals surface area contributed by atoms with E-state index in [0.29, 0.717) is 84.5 Å². The molecule has 0 aliphatic carbocycles. The number of nitrogens with one attached hydrogen (secondary N) is 2. The van der Waals surface area contributed by atoms with E-state index < -0.39 is 0 Å². The number of hydrogen-bond acceptors (Lipinski definition) is 19. The van der Waals surface area contributed by atoms with Crippen molar-refractivity contribution in [2.75, 3.05) is 40.6 Å². The summed E-state index contributed by atoms with van der Waals surface area (Å²) in [5.41, 5.74) is 12.5. The molecule has 0 amide bonds. The largest absolute Gasteiger partial charge is 1.00 e. The third-order valence-corrected chi connectivity index (χ3v) is 12.6. The monoisotopic (exact) mass is 1030 g/mol. The first kappa shape index (κ1) is 53.0. The van der Waals surface area contributed by atoms with Crippen LogP contribution in [0.2, 0.25) is 0 Å². The molecule has 3 N–H and O–H groups in total. The molecule has 378 valence electrons. The van der Waals surface area contributed by atoms with Crippen LogP contribution in [0, 0.1) is 48.5 Å². The van der Waals surface area contributed by atoms with E-state index in [4.69, 9.17) is 66.7 Å². The van der Waals surface area contributed by atoms with Crippen LogP contribution in [-0.2, 0) is 14.4 Å². The average molecular weight is 1030 g/mol. The van der Waals surface area contributed by atoms with Gasteiger partial charge >= 0.3 is 35.7 Å². The minimum absolute atomic E-state index is 0. The standard InChI is InChI=1S/C26H22N4O6.C26H24N4O4.CO2.Na.H2O/c1-12-21(13(2)36-30-12)17-9-18-16(10-20(17)32-4)22-23(27-14(3)28-26(22)29-18)15-5-6-19(35-11-31)25-24(15)33-7-8-34-25;1-12-6-7-16(25-24(12)32-8-9-33-25)23-22-17-11-20(31-5)18(21-13(2)30-34-14(21)3)10-19(17)29-26(22)28-15(4)27-23;2-1-3;;/h5-6,9-11H,7-8H2,1-4H3,(H,27,28,29);6-7,10-11H,8-9H2,1-5H3,(H,27,28,29);;;1H2/q;;;+1;/p-1. The second-order valence-corrected chi connectivity index (χ2v) is 17.1. The third kappa shape index (κ3) is 9.36. The summed E-state index contributed by atoms with van der Waals surface area (Å²) in [4.78, 5) is 53.2.